The smallest absolute Gasteiger partial charge is 0.268 e. The van der Waals surface area contributed by atoms with Crippen molar-refractivity contribution in [3.63, 3.8) is 0 Å². The first-order valence-electron chi connectivity index (χ1n) is 8.17. The van der Waals surface area contributed by atoms with Crippen molar-refractivity contribution in [1.82, 2.24) is 9.29 Å². The average Bonchev–Trinajstić information content (AvgIpc) is 2.93. The molecule has 0 radical (unpaired) electrons. The first-order valence-corrected chi connectivity index (χ1v) is 9.78. The molecule has 2 heterocycles. The zero-order chi connectivity index (χ0) is 16.6. The van der Waals surface area contributed by atoms with Crippen molar-refractivity contribution in [3.05, 3.63) is 29.6 Å². The van der Waals surface area contributed by atoms with Crippen LogP contribution < -0.4 is 0 Å². The SMILES string of the molecule is Cc1cncc(C(=O)N2[C@@H]3C[C@H]4CC[C@@]3(CS2(=O)=O)C4(C)C)c1. The number of sulfonamides is 1. The third kappa shape index (κ3) is 1.76. The van der Waals surface area contributed by atoms with E-state index in [1.165, 1.54) is 10.5 Å². The number of aromatic nitrogens is 1. The van der Waals surface area contributed by atoms with Crippen LogP contribution in [-0.4, -0.2) is 35.4 Å². The summed E-state index contributed by atoms with van der Waals surface area (Å²) < 4.78 is 26.9. The molecule has 1 aromatic rings. The second-order valence-electron chi connectivity index (χ2n) is 7.97. The second-order valence-corrected chi connectivity index (χ2v) is 9.82. The molecule has 3 atom stereocenters. The number of carbonyl (C=O) groups is 1. The molecule has 2 bridgehead atoms. The number of hydrogen-bond donors (Lipinski definition) is 0. The van der Waals surface area contributed by atoms with Crippen molar-refractivity contribution in [3.8, 4) is 0 Å². The maximum absolute atomic E-state index is 12.9. The number of pyridine rings is 1. The summed E-state index contributed by atoms with van der Waals surface area (Å²) in [5.41, 5.74) is 0.926. The molecule has 6 heteroatoms. The van der Waals surface area contributed by atoms with Gasteiger partial charge in [-0.05, 0) is 49.1 Å². The lowest BCUT2D eigenvalue weighted by molar-refractivity contribution is 0.0700. The number of aryl methyl sites for hydroxylation is 1. The summed E-state index contributed by atoms with van der Waals surface area (Å²) in [5, 5.41) is 0. The normalized spacial score (nSPS) is 36.2. The zero-order valence-corrected chi connectivity index (χ0v) is 14.6. The number of nitrogens with zero attached hydrogens (tertiary/aromatic N) is 2. The Morgan fingerprint density at radius 2 is 2.09 bits per heavy atom. The molecule has 0 unspecified atom stereocenters. The molecule has 3 fully saturated rings. The molecule has 124 valence electrons. The molecule has 0 aromatic carbocycles. The van der Waals surface area contributed by atoms with Crippen molar-refractivity contribution in [2.75, 3.05) is 5.75 Å². The van der Waals surface area contributed by atoms with Crippen LogP contribution in [0.2, 0.25) is 0 Å². The van der Waals surface area contributed by atoms with E-state index in [1.807, 2.05) is 6.92 Å². The largest absolute Gasteiger partial charge is 0.269 e. The number of carbonyl (C=O) groups excluding carboxylic acids is 1. The Labute approximate surface area is 137 Å². The highest BCUT2D eigenvalue weighted by molar-refractivity contribution is 7.90. The van der Waals surface area contributed by atoms with Gasteiger partial charge in [0, 0.05) is 17.8 Å². The maximum Gasteiger partial charge on any atom is 0.269 e. The van der Waals surface area contributed by atoms with E-state index in [0.717, 1.165) is 24.8 Å². The fourth-order valence-corrected chi connectivity index (χ4v) is 7.89. The van der Waals surface area contributed by atoms with Crippen LogP contribution in [0.15, 0.2) is 18.5 Å². The third-order valence-corrected chi connectivity index (χ3v) is 8.63. The van der Waals surface area contributed by atoms with Crippen molar-refractivity contribution in [2.45, 2.75) is 46.1 Å². The molecule has 0 N–H and O–H groups in total. The fourth-order valence-electron chi connectivity index (χ4n) is 5.36. The van der Waals surface area contributed by atoms with Crippen LogP contribution in [0.4, 0.5) is 0 Å². The summed E-state index contributed by atoms with van der Waals surface area (Å²) in [6.07, 6.45) is 5.92. The quantitative estimate of drug-likeness (QED) is 0.791. The Bertz CT molecular complexity index is 802. The fraction of sp³-hybridized carbons (Fsp3) is 0.647. The van der Waals surface area contributed by atoms with E-state index in [-0.39, 0.29) is 22.6 Å². The zero-order valence-electron chi connectivity index (χ0n) is 13.7. The molecule has 4 rings (SSSR count). The van der Waals surface area contributed by atoms with Crippen LogP contribution in [0.25, 0.3) is 0 Å². The monoisotopic (exact) mass is 334 g/mol. The van der Waals surface area contributed by atoms with E-state index in [4.69, 9.17) is 0 Å². The highest BCUT2D eigenvalue weighted by atomic mass is 32.2. The van der Waals surface area contributed by atoms with E-state index in [9.17, 15) is 13.2 Å². The molecule has 2 saturated carbocycles. The second kappa shape index (κ2) is 4.35. The van der Waals surface area contributed by atoms with Gasteiger partial charge in [-0.2, -0.15) is 0 Å². The average molecular weight is 334 g/mol. The van der Waals surface area contributed by atoms with Crippen molar-refractivity contribution < 1.29 is 13.2 Å². The van der Waals surface area contributed by atoms with Gasteiger partial charge in [0.25, 0.3) is 5.91 Å². The summed E-state index contributed by atoms with van der Waals surface area (Å²) >= 11 is 0. The number of amides is 1. The Morgan fingerprint density at radius 1 is 1.35 bits per heavy atom. The lowest BCUT2D eigenvalue weighted by Gasteiger charge is -2.37. The standard InChI is InChI=1S/C17H22N2O3S/c1-11-6-12(9-18-8-11)15(20)19-14-7-13-4-5-17(14,16(13,2)3)10-23(19,21)22/h6,8-9,13-14H,4-5,7,10H2,1-3H3/t13-,14-,17+/m1/s1. The van der Waals surface area contributed by atoms with Gasteiger partial charge in [-0.3, -0.25) is 9.78 Å². The van der Waals surface area contributed by atoms with E-state index < -0.39 is 15.9 Å². The van der Waals surface area contributed by atoms with Gasteiger partial charge in [0.05, 0.1) is 17.4 Å². The maximum atomic E-state index is 12.9. The van der Waals surface area contributed by atoms with Gasteiger partial charge >= 0.3 is 0 Å². The summed E-state index contributed by atoms with van der Waals surface area (Å²) in [7, 11) is -3.57. The Hall–Kier alpha value is -1.43. The molecule has 1 aliphatic heterocycles. The van der Waals surface area contributed by atoms with Gasteiger partial charge in [0.15, 0.2) is 0 Å². The highest BCUT2D eigenvalue weighted by Crippen LogP contribution is 2.70. The lowest BCUT2D eigenvalue weighted by Crippen LogP contribution is -2.44. The molecule has 1 amide bonds. The molecule has 3 aliphatic rings. The van der Waals surface area contributed by atoms with Gasteiger partial charge in [0.1, 0.15) is 0 Å². The minimum Gasteiger partial charge on any atom is -0.268 e. The number of hydrogen-bond acceptors (Lipinski definition) is 4. The topological polar surface area (TPSA) is 67.3 Å². The first-order chi connectivity index (χ1) is 10.7. The Kier molecular flexibility index (Phi) is 2.86. The van der Waals surface area contributed by atoms with Crippen LogP contribution >= 0.6 is 0 Å². The van der Waals surface area contributed by atoms with E-state index in [1.54, 1.807) is 12.3 Å². The van der Waals surface area contributed by atoms with Crippen LogP contribution in [0.3, 0.4) is 0 Å². The van der Waals surface area contributed by atoms with E-state index in [0.29, 0.717) is 11.5 Å². The summed E-state index contributed by atoms with van der Waals surface area (Å²) in [6, 6.07) is 1.53. The molecule has 23 heavy (non-hydrogen) atoms. The molecule has 5 nitrogen and oxygen atoms in total. The minimum absolute atomic E-state index is 0.0232. The van der Waals surface area contributed by atoms with Crippen LogP contribution in [0, 0.1) is 23.7 Å². The Balaban J connectivity index is 1.80. The lowest BCUT2D eigenvalue weighted by atomic mass is 9.69. The van der Waals surface area contributed by atoms with Crippen LogP contribution in [-0.2, 0) is 10.0 Å². The third-order valence-electron chi connectivity index (χ3n) is 6.73. The molecule has 1 saturated heterocycles. The molecular weight excluding hydrogens is 312 g/mol. The molecule has 2 aliphatic carbocycles. The first kappa shape index (κ1) is 15.1. The van der Waals surface area contributed by atoms with Crippen LogP contribution in [0.1, 0.15) is 49.0 Å². The van der Waals surface area contributed by atoms with Gasteiger partial charge < -0.3 is 0 Å². The summed E-state index contributed by atoms with van der Waals surface area (Å²) in [6.45, 7) is 6.22. The predicted octanol–water partition coefficient (Wildman–Crippen LogP) is 2.37. The predicted molar refractivity (Wildman–Crippen MR) is 86.3 cm³/mol. The molecular formula is C17H22N2O3S. The van der Waals surface area contributed by atoms with Gasteiger partial charge in [-0.25, -0.2) is 12.7 Å². The Morgan fingerprint density at radius 3 is 2.74 bits per heavy atom. The number of fused-ring (bicyclic) bond motifs is 1. The van der Waals surface area contributed by atoms with E-state index in [2.05, 4.69) is 18.8 Å². The summed E-state index contributed by atoms with van der Waals surface area (Å²) in [5.74, 6) is 0.208. The van der Waals surface area contributed by atoms with Gasteiger partial charge in [-0.1, -0.05) is 13.8 Å². The van der Waals surface area contributed by atoms with Gasteiger partial charge in [0.2, 0.25) is 10.0 Å². The van der Waals surface area contributed by atoms with Gasteiger partial charge in [-0.15, -0.1) is 0 Å². The highest BCUT2D eigenvalue weighted by Gasteiger charge is 2.72. The molecule has 1 aromatic heterocycles. The minimum atomic E-state index is -3.57. The van der Waals surface area contributed by atoms with Crippen molar-refractivity contribution in [2.24, 2.45) is 16.7 Å². The van der Waals surface area contributed by atoms with Crippen molar-refractivity contribution in [1.29, 1.82) is 0 Å². The summed E-state index contributed by atoms with van der Waals surface area (Å²) in [4.78, 5) is 17.0. The molecule has 1 spiro atoms. The van der Waals surface area contributed by atoms with Crippen LogP contribution in [0.5, 0.6) is 0 Å². The number of rotatable bonds is 1. The van der Waals surface area contributed by atoms with Crippen molar-refractivity contribution >= 4 is 15.9 Å². The van der Waals surface area contributed by atoms with E-state index >= 15 is 0 Å².